The van der Waals surface area contributed by atoms with E-state index in [1.165, 1.54) is 5.20 Å². The summed E-state index contributed by atoms with van der Waals surface area (Å²) in [5.74, 6) is 0.425. The van der Waals surface area contributed by atoms with Crippen molar-refractivity contribution >= 4 is 24.9 Å². The van der Waals surface area contributed by atoms with Crippen LogP contribution in [0.5, 0.6) is 0 Å². The van der Waals surface area contributed by atoms with Gasteiger partial charge in [-0.25, -0.2) is 0 Å². The van der Waals surface area contributed by atoms with Gasteiger partial charge >= 0.3 is 0 Å². The SMILES string of the molecule is C=C(C(C)CCC(=O)Cl)[Si](C)(C)C. The van der Waals surface area contributed by atoms with Crippen LogP contribution in [0.25, 0.3) is 0 Å². The first-order valence-corrected chi connectivity index (χ1v) is 8.50. The molecule has 0 spiro atoms. The summed E-state index contributed by atoms with van der Waals surface area (Å²) in [5, 5.41) is 1.08. The fraction of sp³-hybridized carbons (Fsp3) is 0.700. The summed E-state index contributed by atoms with van der Waals surface area (Å²) in [6.45, 7) is 13.1. The molecule has 0 radical (unpaired) electrons. The van der Waals surface area contributed by atoms with Crippen molar-refractivity contribution < 1.29 is 4.79 Å². The average Bonchev–Trinajstić information content (AvgIpc) is 1.96. The highest BCUT2D eigenvalue weighted by Crippen LogP contribution is 2.24. The monoisotopic (exact) mass is 218 g/mol. The van der Waals surface area contributed by atoms with Gasteiger partial charge in [-0.05, 0) is 23.9 Å². The summed E-state index contributed by atoms with van der Waals surface area (Å²) in [5.41, 5.74) is 0. The minimum Gasteiger partial charge on any atom is -0.281 e. The highest BCUT2D eigenvalue weighted by atomic mass is 35.5. The van der Waals surface area contributed by atoms with Crippen molar-refractivity contribution in [1.29, 1.82) is 0 Å². The summed E-state index contributed by atoms with van der Waals surface area (Å²) in [6.07, 6.45) is 1.30. The third-order valence-corrected chi connectivity index (χ3v) is 4.94. The van der Waals surface area contributed by atoms with Crippen LogP contribution in [-0.2, 0) is 4.79 Å². The Morgan fingerprint density at radius 3 is 2.23 bits per heavy atom. The number of hydrogen-bond acceptors (Lipinski definition) is 1. The van der Waals surface area contributed by atoms with Gasteiger partial charge in [-0.2, -0.15) is 0 Å². The Hall–Kier alpha value is -0.0831. The first-order valence-electron chi connectivity index (χ1n) is 4.62. The zero-order valence-electron chi connectivity index (χ0n) is 8.98. The zero-order valence-corrected chi connectivity index (χ0v) is 10.7. The van der Waals surface area contributed by atoms with Gasteiger partial charge in [0.05, 0.1) is 8.07 Å². The number of carbonyl (C=O) groups excluding carboxylic acids is 1. The molecule has 0 aliphatic heterocycles. The van der Waals surface area contributed by atoms with Gasteiger partial charge in [0, 0.05) is 6.42 Å². The second-order valence-electron chi connectivity index (χ2n) is 4.57. The molecular weight excluding hydrogens is 200 g/mol. The van der Waals surface area contributed by atoms with Gasteiger partial charge in [-0.1, -0.05) is 31.8 Å². The van der Waals surface area contributed by atoms with E-state index in [0.717, 1.165) is 6.42 Å². The number of halogens is 1. The molecule has 0 aliphatic carbocycles. The molecule has 0 saturated carbocycles. The Morgan fingerprint density at radius 2 is 1.92 bits per heavy atom. The molecule has 76 valence electrons. The van der Waals surface area contributed by atoms with Gasteiger partial charge in [-0.3, -0.25) is 4.79 Å². The molecule has 0 amide bonds. The summed E-state index contributed by atoms with van der Waals surface area (Å²) in [7, 11) is -1.24. The third kappa shape index (κ3) is 5.27. The number of rotatable bonds is 5. The minimum atomic E-state index is -1.24. The predicted octanol–water partition coefficient (Wildman–Crippen LogP) is 3.60. The Kier molecular flexibility index (Phi) is 4.93. The summed E-state index contributed by atoms with van der Waals surface area (Å²) < 4.78 is 0. The molecule has 0 fully saturated rings. The summed E-state index contributed by atoms with van der Waals surface area (Å²) in [6, 6.07) is 0. The molecule has 3 heteroatoms. The molecule has 0 heterocycles. The fourth-order valence-electron chi connectivity index (χ4n) is 1.24. The van der Waals surface area contributed by atoms with E-state index >= 15 is 0 Å². The van der Waals surface area contributed by atoms with Crippen molar-refractivity contribution in [1.82, 2.24) is 0 Å². The van der Waals surface area contributed by atoms with E-state index in [2.05, 4.69) is 33.1 Å². The Balaban J connectivity index is 4.05. The van der Waals surface area contributed by atoms with Crippen LogP contribution < -0.4 is 0 Å². The molecule has 0 aliphatic rings. The van der Waals surface area contributed by atoms with Crippen molar-refractivity contribution in [2.24, 2.45) is 5.92 Å². The Labute approximate surface area is 87.2 Å². The third-order valence-electron chi connectivity index (χ3n) is 2.33. The Morgan fingerprint density at radius 1 is 1.46 bits per heavy atom. The zero-order chi connectivity index (χ0) is 10.6. The normalized spacial score (nSPS) is 13.9. The number of hydrogen-bond donors (Lipinski definition) is 0. The molecule has 0 aromatic heterocycles. The molecule has 0 bridgehead atoms. The Bertz CT molecular complexity index is 205. The molecule has 1 unspecified atom stereocenters. The lowest BCUT2D eigenvalue weighted by Crippen LogP contribution is -2.27. The molecule has 0 saturated heterocycles. The van der Waals surface area contributed by atoms with Gasteiger partial charge in [0.25, 0.3) is 0 Å². The van der Waals surface area contributed by atoms with Crippen LogP contribution in [0.1, 0.15) is 19.8 Å². The number of carbonyl (C=O) groups is 1. The quantitative estimate of drug-likeness (QED) is 0.509. The van der Waals surface area contributed by atoms with Gasteiger partial charge in [0.1, 0.15) is 0 Å². The van der Waals surface area contributed by atoms with Crippen LogP contribution in [-0.4, -0.2) is 13.3 Å². The first kappa shape index (κ1) is 12.9. The van der Waals surface area contributed by atoms with Gasteiger partial charge < -0.3 is 0 Å². The first-order chi connectivity index (χ1) is 5.75. The molecule has 0 aromatic carbocycles. The van der Waals surface area contributed by atoms with Crippen molar-refractivity contribution in [3.8, 4) is 0 Å². The van der Waals surface area contributed by atoms with Crippen molar-refractivity contribution in [2.45, 2.75) is 39.4 Å². The van der Waals surface area contributed by atoms with Gasteiger partial charge in [-0.15, -0.1) is 6.58 Å². The minimum absolute atomic E-state index is 0.241. The topological polar surface area (TPSA) is 17.1 Å². The van der Waals surface area contributed by atoms with Crippen LogP contribution >= 0.6 is 11.6 Å². The molecule has 1 atom stereocenters. The van der Waals surface area contributed by atoms with Crippen LogP contribution in [0.3, 0.4) is 0 Å². The smallest absolute Gasteiger partial charge is 0.221 e. The largest absolute Gasteiger partial charge is 0.281 e. The van der Waals surface area contributed by atoms with Crippen LogP contribution in [0, 0.1) is 5.92 Å². The van der Waals surface area contributed by atoms with E-state index in [1.54, 1.807) is 0 Å². The maximum Gasteiger partial charge on any atom is 0.221 e. The maximum absolute atomic E-state index is 10.6. The second kappa shape index (κ2) is 4.96. The predicted molar refractivity (Wildman–Crippen MR) is 61.7 cm³/mol. The summed E-state index contributed by atoms with van der Waals surface area (Å²) in [4.78, 5) is 10.6. The molecule has 0 rings (SSSR count). The highest BCUT2D eigenvalue weighted by molar-refractivity contribution is 6.83. The van der Waals surface area contributed by atoms with E-state index in [1.807, 2.05) is 0 Å². The lowest BCUT2D eigenvalue weighted by molar-refractivity contribution is -0.111. The lowest BCUT2D eigenvalue weighted by atomic mass is 10.1. The maximum atomic E-state index is 10.6. The van der Waals surface area contributed by atoms with E-state index in [4.69, 9.17) is 11.6 Å². The van der Waals surface area contributed by atoms with Crippen molar-refractivity contribution in [2.75, 3.05) is 0 Å². The summed E-state index contributed by atoms with van der Waals surface area (Å²) >= 11 is 5.28. The van der Waals surface area contributed by atoms with E-state index in [0.29, 0.717) is 12.3 Å². The molecule has 1 nitrogen and oxygen atoms in total. The van der Waals surface area contributed by atoms with Crippen molar-refractivity contribution in [3.05, 3.63) is 11.8 Å². The fourth-order valence-corrected chi connectivity index (χ4v) is 2.98. The molecule has 0 N–H and O–H groups in total. The van der Waals surface area contributed by atoms with E-state index in [-0.39, 0.29) is 5.24 Å². The second-order valence-corrected chi connectivity index (χ2v) is 10.1. The molecular formula is C10H19ClOSi. The molecule has 13 heavy (non-hydrogen) atoms. The lowest BCUT2D eigenvalue weighted by Gasteiger charge is -2.25. The van der Waals surface area contributed by atoms with E-state index < -0.39 is 8.07 Å². The highest BCUT2D eigenvalue weighted by Gasteiger charge is 2.22. The number of allylic oxidation sites excluding steroid dienone is 1. The van der Waals surface area contributed by atoms with Crippen molar-refractivity contribution in [3.63, 3.8) is 0 Å². The van der Waals surface area contributed by atoms with E-state index in [9.17, 15) is 4.79 Å². The molecule has 0 aromatic rings. The van der Waals surface area contributed by atoms with Gasteiger partial charge in [0.15, 0.2) is 0 Å². The standard InChI is InChI=1S/C10H19ClOSi/c1-8(6-7-10(11)12)9(2)13(3,4)5/h8H,2,6-7H2,1,3-5H3. The van der Waals surface area contributed by atoms with Crippen LogP contribution in [0.4, 0.5) is 0 Å². The van der Waals surface area contributed by atoms with Crippen LogP contribution in [0.15, 0.2) is 11.8 Å². The average molecular weight is 219 g/mol. The van der Waals surface area contributed by atoms with Gasteiger partial charge in [0.2, 0.25) is 5.24 Å². The van der Waals surface area contributed by atoms with Crippen LogP contribution in [0.2, 0.25) is 19.6 Å².